The lowest BCUT2D eigenvalue weighted by molar-refractivity contribution is -0.120. The number of azo groups is 1. The van der Waals surface area contributed by atoms with Crippen LogP contribution in [0.1, 0.15) is 25.8 Å². The molecule has 3 rings (SSSR count). The van der Waals surface area contributed by atoms with E-state index in [1.807, 2.05) is 19.1 Å². The zero-order valence-corrected chi connectivity index (χ0v) is 18.8. The van der Waals surface area contributed by atoms with Crippen molar-refractivity contribution in [2.24, 2.45) is 16.1 Å². The monoisotopic (exact) mass is 443 g/mol. The minimum atomic E-state index is -0.570. The minimum Gasteiger partial charge on any atom is -0.497 e. The summed E-state index contributed by atoms with van der Waals surface area (Å²) in [6.07, 6.45) is 0.882. The predicted octanol–water partition coefficient (Wildman–Crippen LogP) is 6.05. The number of methoxy groups -OCH3 is 1. The van der Waals surface area contributed by atoms with Gasteiger partial charge in [0.1, 0.15) is 11.5 Å². The van der Waals surface area contributed by atoms with Crippen LogP contribution in [0.25, 0.3) is 10.9 Å². The first-order chi connectivity index (χ1) is 14.8. The molecular formula is C23H26ClN3O4. The van der Waals surface area contributed by atoms with Crippen molar-refractivity contribution in [2.45, 2.75) is 33.7 Å². The van der Waals surface area contributed by atoms with Gasteiger partial charge in [-0.2, -0.15) is 0 Å². The number of benzene rings is 2. The molecule has 0 atom stereocenters. The Bertz CT molecular complexity index is 1120. The molecule has 1 aromatic heterocycles. The summed E-state index contributed by atoms with van der Waals surface area (Å²) in [6.45, 7) is 6.42. The zero-order valence-electron chi connectivity index (χ0n) is 18.1. The quantitative estimate of drug-likeness (QED) is 0.429. The topological polar surface area (TPSA) is 85.4 Å². The van der Waals surface area contributed by atoms with Crippen LogP contribution in [-0.2, 0) is 11.3 Å². The van der Waals surface area contributed by atoms with Gasteiger partial charge in [-0.25, -0.2) is 0 Å². The fraction of sp³-hybridized carbons (Fsp3) is 0.348. The number of rotatable bonds is 8. The maximum absolute atomic E-state index is 12.2. The van der Waals surface area contributed by atoms with Crippen LogP contribution >= 0.6 is 11.6 Å². The van der Waals surface area contributed by atoms with Crippen LogP contribution in [0.2, 0.25) is 5.02 Å². The third kappa shape index (κ3) is 5.35. The van der Waals surface area contributed by atoms with Crippen molar-refractivity contribution in [1.82, 2.24) is 4.57 Å². The molecule has 31 heavy (non-hydrogen) atoms. The normalized spacial score (nSPS) is 11.5. The van der Waals surface area contributed by atoms with Gasteiger partial charge in [-0.05, 0) is 61.2 Å². The summed E-state index contributed by atoms with van der Waals surface area (Å²) in [5.74, 6) is 1.04. The number of hydrogen-bond donors (Lipinski definition) is 1. The molecule has 0 radical (unpaired) electrons. The Hall–Kier alpha value is -3.06. The Labute approximate surface area is 186 Å². The standard InChI is InChI=1S/C23H26ClN3O4/c1-14(2)9-10-27-19-7-6-17(30-4)12-18(19)22(23(27)29)26-25-21(28)13-31-20-8-5-16(24)11-15(20)3/h5-8,11-12,14,29H,9-10,13H2,1-4H3. The van der Waals surface area contributed by atoms with Gasteiger partial charge in [0.05, 0.1) is 12.6 Å². The van der Waals surface area contributed by atoms with Gasteiger partial charge in [0.2, 0.25) is 5.88 Å². The number of fused-ring (bicyclic) bond motifs is 1. The molecule has 1 amide bonds. The van der Waals surface area contributed by atoms with Gasteiger partial charge in [0, 0.05) is 17.0 Å². The van der Waals surface area contributed by atoms with Crippen molar-refractivity contribution < 1.29 is 19.4 Å². The Morgan fingerprint density at radius 2 is 2.00 bits per heavy atom. The number of ether oxygens (including phenoxy) is 2. The number of aromatic nitrogens is 1. The molecule has 0 aliphatic carbocycles. The fourth-order valence-corrected chi connectivity index (χ4v) is 3.42. The highest BCUT2D eigenvalue weighted by molar-refractivity contribution is 6.30. The van der Waals surface area contributed by atoms with Crippen molar-refractivity contribution in [3.63, 3.8) is 0 Å². The Balaban J connectivity index is 1.84. The molecule has 3 aromatic rings. The molecule has 0 aliphatic rings. The average molecular weight is 444 g/mol. The molecule has 1 heterocycles. The highest BCUT2D eigenvalue weighted by Crippen LogP contribution is 2.40. The minimum absolute atomic E-state index is 0.0325. The molecule has 2 aromatic carbocycles. The number of aromatic hydroxyl groups is 1. The van der Waals surface area contributed by atoms with Crippen molar-refractivity contribution in [2.75, 3.05) is 13.7 Å². The third-order valence-corrected chi connectivity index (χ3v) is 5.13. The smallest absolute Gasteiger partial charge is 0.302 e. The van der Waals surface area contributed by atoms with Crippen LogP contribution in [0.3, 0.4) is 0 Å². The van der Waals surface area contributed by atoms with Gasteiger partial charge < -0.3 is 19.1 Å². The Morgan fingerprint density at radius 1 is 1.23 bits per heavy atom. The van der Waals surface area contributed by atoms with Crippen LogP contribution in [0, 0.1) is 12.8 Å². The molecule has 0 spiro atoms. The highest BCUT2D eigenvalue weighted by Gasteiger charge is 2.18. The van der Waals surface area contributed by atoms with Gasteiger partial charge in [-0.15, -0.1) is 10.2 Å². The van der Waals surface area contributed by atoms with E-state index in [1.54, 1.807) is 35.9 Å². The molecule has 0 saturated carbocycles. The molecule has 0 saturated heterocycles. The lowest BCUT2D eigenvalue weighted by atomic mass is 10.1. The van der Waals surface area contributed by atoms with E-state index in [0.717, 1.165) is 17.5 Å². The number of halogens is 1. The van der Waals surface area contributed by atoms with Crippen LogP contribution in [0.4, 0.5) is 5.69 Å². The molecule has 0 unspecified atom stereocenters. The summed E-state index contributed by atoms with van der Waals surface area (Å²) in [7, 11) is 1.57. The molecule has 0 aliphatic heterocycles. The number of aryl methyl sites for hydroxylation is 2. The fourth-order valence-electron chi connectivity index (χ4n) is 3.19. The van der Waals surface area contributed by atoms with E-state index >= 15 is 0 Å². The van der Waals surface area contributed by atoms with E-state index in [1.165, 1.54) is 0 Å². The maximum atomic E-state index is 12.2. The summed E-state index contributed by atoms with van der Waals surface area (Å²) < 4.78 is 12.6. The van der Waals surface area contributed by atoms with E-state index in [9.17, 15) is 9.90 Å². The number of hydrogen-bond acceptors (Lipinski definition) is 5. The maximum Gasteiger partial charge on any atom is 0.302 e. The van der Waals surface area contributed by atoms with Crippen LogP contribution < -0.4 is 9.47 Å². The second-order valence-electron chi connectivity index (χ2n) is 7.68. The molecular weight excluding hydrogens is 418 g/mol. The number of carbonyl (C=O) groups excluding carboxylic acids is 1. The summed E-state index contributed by atoms with van der Waals surface area (Å²) in [5, 5.41) is 19.8. The summed E-state index contributed by atoms with van der Waals surface area (Å²) in [4.78, 5) is 12.2. The van der Waals surface area contributed by atoms with Crippen molar-refractivity contribution >= 4 is 34.1 Å². The first-order valence-corrected chi connectivity index (χ1v) is 10.4. The lowest BCUT2D eigenvalue weighted by Gasteiger charge is -2.09. The average Bonchev–Trinajstić information content (AvgIpc) is 2.99. The first-order valence-electron chi connectivity index (χ1n) is 10.0. The van der Waals surface area contributed by atoms with Crippen LogP contribution in [0.5, 0.6) is 17.4 Å². The van der Waals surface area contributed by atoms with Crippen molar-refractivity contribution in [3.05, 3.63) is 47.0 Å². The Kier molecular flexibility index (Phi) is 7.17. The Morgan fingerprint density at radius 3 is 2.68 bits per heavy atom. The zero-order chi connectivity index (χ0) is 22.5. The number of amides is 1. The van der Waals surface area contributed by atoms with Gasteiger partial charge in [-0.1, -0.05) is 25.4 Å². The summed E-state index contributed by atoms with van der Waals surface area (Å²) >= 11 is 5.93. The molecule has 0 fully saturated rings. The summed E-state index contributed by atoms with van der Waals surface area (Å²) in [6, 6.07) is 10.6. The van der Waals surface area contributed by atoms with Gasteiger partial charge in [0.25, 0.3) is 0 Å². The van der Waals surface area contributed by atoms with Crippen LogP contribution in [-0.4, -0.2) is 29.3 Å². The van der Waals surface area contributed by atoms with Gasteiger partial charge in [-0.3, -0.25) is 4.79 Å². The van der Waals surface area contributed by atoms with Gasteiger partial charge in [0.15, 0.2) is 12.3 Å². The van der Waals surface area contributed by atoms with Crippen molar-refractivity contribution in [3.8, 4) is 17.4 Å². The lowest BCUT2D eigenvalue weighted by Crippen LogP contribution is -2.08. The van der Waals surface area contributed by atoms with Gasteiger partial charge >= 0.3 is 5.91 Å². The van der Waals surface area contributed by atoms with E-state index in [0.29, 0.717) is 34.4 Å². The SMILES string of the molecule is COc1ccc2c(c1)c(N=NC(=O)COc1ccc(Cl)cc1C)c(O)n2CCC(C)C. The van der Waals surface area contributed by atoms with E-state index in [-0.39, 0.29) is 18.2 Å². The molecule has 164 valence electrons. The largest absolute Gasteiger partial charge is 0.497 e. The summed E-state index contributed by atoms with van der Waals surface area (Å²) in [5.41, 5.74) is 1.84. The third-order valence-electron chi connectivity index (χ3n) is 4.90. The van der Waals surface area contributed by atoms with Crippen LogP contribution in [0.15, 0.2) is 46.6 Å². The second kappa shape index (κ2) is 9.83. The molecule has 7 nitrogen and oxygen atoms in total. The highest BCUT2D eigenvalue weighted by atomic mass is 35.5. The number of nitrogens with zero attached hydrogens (tertiary/aromatic N) is 3. The van der Waals surface area contributed by atoms with E-state index in [4.69, 9.17) is 21.1 Å². The van der Waals surface area contributed by atoms with E-state index < -0.39 is 5.91 Å². The van der Waals surface area contributed by atoms with E-state index in [2.05, 4.69) is 24.1 Å². The molecule has 8 heteroatoms. The number of carbonyl (C=O) groups is 1. The molecule has 0 bridgehead atoms. The van der Waals surface area contributed by atoms with Crippen molar-refractivity contribution in [1.29, 1.82) is 0 Å². The second-order valence-corrected chi connectivity index (χ2v) is 8.12. The predicted molar refractivity (Wildman–Crippen MR) is 121 cm³/mol. The first kappa shape index (κ1) is 22.6. The molecule has 1 N–H and O–H groups in total.